The number of rotatable bonds is 7. The molecule has 1 N–H and O–H groups in total. The molecule has 1 saturated heterocycles. The third-order valence-electron chi connectivity index (χ3n) is 7.14. The van der Waals surface area contributed by atoms with Crippen LogP contribution in [0.4, 0.5) is 0 Å². The van der Waals surface area contributed by atoms with Gasteiger partial charge in [0.05, 0.1) is 11.8 Å². The zero-order valence-corrected chi connectivity index (χ0v) is 20.3. The molecule has 2 aromatic rings. The van der Waals surface area contributed by atoms with Gasteiger partial charge in [-0.3, -0.25) is 9.88 Å². The van der Waals surface area contributed by atoms with Gasteiger partial charge in [0.15, 0.2) is 0 Å². The van der Waals surface area contributed by atoms with Crippen LogP contribution in [-0.2, 0) is 13.0 Å². The van der Waals surface area contributed by atoms with Gasteiger partial charge in [-0.2, -0.15) is 0 Å². The van der Waals surface area contributed by atoms with Crippen molar-refractivity contribution in [3.8, 4) is 5.75 Å². The maximum absolute atomic E-state index is 6.61. The molecule has 2 aliphatic heterocycles. The zero-order chi connectivity index (χ0) is 22.6. The van der Waals surface area contributed by atoms with E-state index in [0.29, 0.717) is 17.6 Å². The number of hydrogen-bond donors (Lipinski definition) is 1. The predicted molar refractivity (Wildman–Crippen MR) is 131 cm³/mol. The van der Waals surface area contributed by atoms with Crippen LogP contribution in [0.1, 0.15) is 56.0 Å². The monoisotopic (exact) mass is 436 g/mol. The molecule has 0 radical (unpaired) electrons. The predicted octanol–water partition coefficient (Wildman–Crippen LogP) is 4.29. The van der Waals surface area contributed by atoms with E-state index >= 15 is 0 Å². The molecule has 1 aromatic heterocycles. The summed E-state index contributed by atoms with van der Waals surface area (Å²) in [7, 11) is 4.32. The number of pyridine rings is 1. The fourth-order valence-electron chi connectivity index (χ4n) is 5.39. The summed E-state index contributed by atoms with van der Waals surface area (Å²) in [6.07, 6.45) is 6.77. The van der Waals surface area contributed by atoms with E-state index in [9.17, 15) is 0 Å². The molecule has 1 aromatic carbocycles. The maximum Gasteiger partial charge on any atom is 0.127 e. The number of nitrogens with one attached hydrogen (secondary N) is 1. The summed E-state index contributed by atoms with van der Waals surface area (Å²) in [6.45, 7) is 9.41. The van der Waals surface area contributed by atoms with Crippen LogP contribution in [-0.4, -0.2) is 61.2 Å². The van der Waals surface area contributed by atoms with Crippen LogP contribution in [0.5, 0.6) is 5.75 Å². The van der Waals surface area contributed by atoms with Crippen LogP contribution in [0.15, 0.2) is 42.6 Å². The van der Waals surface area contributed by atoms with Crippen molar-refractivity contribution < 1.29 is 4.74 Å². The number of fused-ring (bicyclic) bond motifs is 1. The minimum Gasteiger partial charge on any atom is -0.490 e. The minimum absolute atomic E-state index is 0.347. The Balaban J connectivity index is 0.00000119. The van der Waals surface area contributed by atoms with Gasteiger partial charge in [-0.05, 0) is 51.5 Å². The van der Waals surface area contributed by atoms with Gasteiger partial charge in [-0.15, -0.1) is 0 Å². The number of aromatic nitrogens is 1. The number of ether oxygens (including phenoxy) is 1. The molecular formula is C27H40N4O. The molecule has 1 aliphatic carbocycles. The second-order valence-electron chi connectivity index (χ2n) is 9.73. The Morgan fingerprint density at radius 1 is 1.12 bits per heavy atom. The molecular weight excluding hydrogens is 396 g/mol. The summed E-state index contributed by atoms with van der Waals surface area (Å²) in [6, 6.07) is 13.3. The summed E-state index contributed by atoms with van der Waals surface area (Å²) in [4.78, 5) is 9.69. The summed E-state index contributed by atoms with van der Waals surface area (Å²) < 4.78 is 6.61. The summed E-state index contributed by atoms with van der Waals surface area (Å²) in [5.41, 5.74) is 4.48. The second-order valence-corrected chi connectivity index (χ2v) is 9.73. The van der Waals surface area contributed by atoms with Gasteiger partial charge in [0.1, 0.15) is 5.75 Å². The van der Waals surface area contributed by atoms with E-state index < -0.39 is 0 Å². The van der Waals surface area contributed by atoms with Gasteiger partial charge >= 0.3 is 0 Å². The zero-order valence-electron chi connectivity index (χ0n) is 20.3. The Kier molecular flexibility index (Phi) is 7.49. The molecule has 1 atom stereocenters. The highest BCUT2D eigenvalue weighted by molar-refractivity contribution is 5.41. The van der Waals surface area contributed by atoms with Crippen molar-refractivity contribution in [1.82, 2.24) is 20.1 Å². The van der Waals surface area contributed by atoms with Crippen LogP contribution < -0.4 is 10.1 Å². The van der Waals surface area contributed by atoms with Crippen LogP contribution in [0, 0.1) is 5.41 Å². The van der Waals surface area contributed by atoms with Crippen molar-refractivity contribution in [2.75, 3.05) is 40.3 Å². The number of benzene rings is 1. The quantitative estimate of drug-likeness (QED) is 0.701. The molecule has 1 spiro atoms. The van der Waals surface area contributed by atoms with Gasteiger partial charge in [0.25, 0.3) is 0 Å². The van der Waals surface area contributed by atoms with Crippen LogP contribution in [0.2, 0.25) is 0 Å². The van der Waals surface area contributed by atoms with Crippen molar-refractivity contribution in [3.63, 3.8) is 0 Å². The molecule has 174 valence electrons. The van der Waals surface area contributed by atoms with Crippen molar-refractivity contribution in [3.05, 3.63) is 59.4 Å². The van der Waals surface area contributed by atoms with E-state index in [1.54, 1.807) is 0 Å². The molecule has 3 aliphatic rings. The average molecular weight is 437 g/mol. The van der Waals surface area contributed by atoms with E-state index in [1.165, 1.54) is 29.7 Å². The highest BCUT2D eigenvalue weighted by Crippen LogP contribution is 2.47. The summed E-state index contributed by atoms with van der Waals surface area (Å²) in [5, 5.41) is 3.42. The van der Waals surface area contributed by atoms with Gasteiger partial charge in [-0.1, -0.05) is 44.2 Å². The highest BCUT2D eigenvalue weighted by Gasteiger charge is 2.50. The van der Waals surface area contributed by atoms with E-state index in [4.69, 9.17) is 9.72 Å². The Morgan fingerprint density at radius 2 is 1.88 bits per heavy atom. The topological polar surface area (TPSA) is 40.6 Å². The summed E-state index contributed by atoms with van der Waals surface area (Å²) >= 11 is 0. The molecule has 5 heteroatoms. The third kappa shape index (κ3) is 5.00. The lowest BCUT2D eigenvalue weighted by atomic mass is 9.63. The first-order chi connectivity index (χ1) is 15.6. The molecule has 5 nitrogen and oxygen atoms in total. The molecule has 0 bridgehead atoms. The fourth-order valence-corrected chi connectivity index (χ4v) is 5.39. The fraction of sp³-hybridized carbons (Fsp3) is 0.593. The second kappa shape index (κ2) is 10.3. The van der Waals surface area contributed by atoms with Gasteiger partial charge in [0.2, 0.25) is 0 Å². The lowest BCUT2D eigenvalue weighted by molar-refractivity contribution is -0.0506. The van der Waals surface area contributed by atoms with Crippen molar-refractivity contribution in [2.45, 2.75) is 58.2 Å². The lowest BCUT2D eigenvalue weighted by Gasteiger charge is -2.54. The Morgan fingerprint density at radius 3 is 2.53 bits per heavy atom. The normalized spacial score (nSPS) is 21.8. The molecule has 0 amide bonds. The van der Waals surface area contributed by atoms with E-state index in [2.05, 4.69) is 65.6 Å². The average Bonchev–Trinajstić information content (AvgIpc) is 2.76. The van der Waals surface area contributed by atoms with Crippen LogP contribution in [0.3, 0.4) is 0 Å². The smallest absolute Gasteiger partial charge is 0.127 e. The van der Waals surface area contributed by atoms with Crippen LogP contribution in [0.25, 0.3) is 0 Å². The maximum atomic E-state index is 6.61. The van der Waals surface area contributed by atoms with Crippen molar-refractivity contribution in [2.24, 2.45) is 5.41 Å². The number of nitrogens with zero attached hydrogens (tertiary/aromatic N) is 3. The Bertz CT molecular complexity index is 857. The third-order valence-corrected chi connectivity index (χ3v) is 7.14. The first kappa shape index (κ1) is 23.2. The highest BCUT2D eigenvalue weighted by atomic mass is 16.5. The molecule has 1 unspecified atom stereocenters. The lowest BCUT2D eigenvalue weighted by Crippen LogP contribution is -2.62. The van der Waals surface area contributed by atoms with E-state index in [0.717, 1.165) is 51.3 Å². The molecule has 5 rings (SSSR count). The molecule has 2 fully saturated rings. The van der Waals surface area contributed by atoms with Crippen molar-refractivity contribution >= 4 is 0 Å². The van der Waals surface area contributed by atoms with Crippen molar-refractivity contribution in [1.29, 1.82) is 0 Å². The minimum atomic E-state index is 0.347. The van der Waals surface area contributed by atoms with Gasteiger partial charge in [-0.25, -0.2) is 0 Å². The van der Waals surface area contributed by atoms with Gasteiger partial charge in [0, 0.05) is 55.8 Å². The first-order valence-corrected chi connectivity index (χ1v) is 12.4. The standard InChI is InChI=1S/C25H34N4O.C2H6/c1-28(2)12-10-22-24-21(9-13-29(22)16-19-6-4-3-5-7-19)27-11-8-23(24)30-20-14-25(15-20)17-26-18-25;1-2/h3-8,11,20,22,26H,9-10,12-18H2,1-2H3;1-2H3. The van der Waals surface area contributed by atoms with Crippen LogP contribution >= 0.6 is 0 Å². The number of hydrogen-bond acceptors (Lipinski definition) is 5. The van der Waals surface area contributed by atoms with Gasteiger partial charge < -0.3 is 15.0 Å². The first-order valence-electron chi connectivity index (χ1n) is 12.4. The molecule has 32 heavy (non-hydrogen) atoms. The largest absolute Gasteiger partial charge is 0.490 e. The molecule has 1 saturated carbocycles. The van der Waals surface area contributed by atoms with E-state index in [-0.39, 0.29) is 0 Å². The van der Waals surface area contributed by atoms with E-state index in [1.807, 2.05) is 20.0 Å². The summed E-state index contributed by atoms with van der Waals surface area (Å²) in [5.74, 6) is 1.08. The Hall–Kier alpha value is -1.95. The molecule has 3 heterocycles. The Labute approximate surface area is 194 Å². The SMILES string of the molecule is CC.CN(C)CCC1c2c(OC3CC4(CNC4)C3)ccnc2CCN1Cc1ccccc1.